The number of hydrogen-bond acceptors (Lipinski definition) is 3. The molecule has 0 spiro atoms. The lowest BCUT2D eigenvalue weighted by Gasteiger charge is -2.02. The van der Waals surface area contributed by atoms with Crippen LogP contribution >= 0.6 is 0 Å². The Morgan fingerprint density at radius 1 is 1.69 bits per heavy atom. The quantitative estimate of drug-likeness (QED) is 0.592. The third-order valence-corrected chi connectivity index (χ3v) is 1.71. The van der Waals surface area contributed by atoms with Gasteiger partial charge in [0.25, 0.3) is 5.56 Å². The molecule has 0 unspecified atom stereocenters. The predicted octanol–water partition coefficient (Wildman–Crippen LogP) is -0.160. The van der Waals surface area contributed by atoms with E-state index in [0.29, 0.717) is 5.69 Å². The number of aromatic amines is 1. The number of carboxylic acid groups (broad SMARTS) is 1. The highest BCUT2D eigenvalue weighted by Crippen LogP contribution is 2.04. The van der Waals surface area contributed by atoms with Gasteiger partial charge in [-0.1, -0.05) is 0 Å². The average Bonchev–Trinajstić information content (AvgIpc) is 2.02. The van der Waals surface area contributed by atoms with Crippen molar-refractivity contribution in [1.29, 1.82) is 0 Å². The molecule has 5 nitrogen and oxygen atoms in total. The summed E-state index contributed by atoms with van der Waals surface area (Å²) in [5.74, 6) is -1.13. The molecule has 0 aliphatic carbocycles. The second-order valence-corrected chi connectivity index (χ2v) is 2.68. The zero-order chi connectivity index (χ0) is 10.0. The van der Waals surface area contributed by atoms with Crippen molar-refractivity contribution in [2.45, 2.75) is 13.5 Å². The minimum atomic E-state index is -1.13. The molecule has 1 rings (SSSR count). The molecule has 0 bridgehead atoms. The van der Waals surface area contributed by atoms with Gasteiger partial charge in [0.2, 0.25) is 0 Å². The van der Waals surface area contributed by atoms with Gasteiger partial charge in [-0.25, -0.2) is 4.79 Å². The Kier molecular flexibility index (Phi) is 2.48. The van der Waals surface area contributed by atoms with Crippen LogP contribution in [0, 0.1) is 6.92 Å². The van der Waals surface area contributed by atoms with Crippen molar-refractivity contribution in [3.8, 4) is 0 Å². The summed E-state index contributed by atoms with van der Waals surface area (Å²) in [6.07, 6.45) is 0. The predicted molar refractivity (Wildman–Crippen MR) is 46.7 cm³/mol. The van der Waals surface area contributed by atoms with E-state index in [9.17, 15) is 9.59 Å². The van der Waals surface area contributed by atoms with Crippen molar-refractivity contribution in [3.05, 3.63) is 33.2 Å². The van der Waals surface area contributed by atoms with Gasteiger partial charge in [0.1, 0.15) is 0 Å². The zero-order valence-corrected chi connectivity index (χ0v) is 7.13. The summed E-state index contributed by atoms with van der Waals surface area (Å²) in [6, 6.07) is 1.39. The Balaban J connectivity index is 3.47. The minimum absolute atomic E-state index is 0.0243. The Hall–Kier alpha value is -1.62. The fraction of sp³-hybridized carbons (Fsp3) is 0.250. The second kappa shape index (κ2) is 3.40. The number of rotatable bonds is 2. The molecule has 4 N–H and O–H groups in total. The molecular formula is C8H10N2O3. The van der Waals surface area contributed by atoms with Crippen LogP contribution in [-0.4, -0.2) is 16.1 Å². The molecule has 0 aromatic carbocycles. The maximum absolute atomic E-state index is 11.2. The highest BCUT2D eigenvalue weighted by molar-refractivity contribution is 5.89. The molecule has 0 saturated carbocycles. The zero-order valence-electron chi connectivity index (χ0n) is 7.13. The van der Waals surface area contributed by atoms with E-state index < -0.39 is 11.5 Å². The number of pyridine rings is 1. The molecule has 70 valence electrons. The molecule has 0 aliphatic heterocycles. The van der Waals surface area contributed by atoms with Gasteiger partial charge in [0.15, 0.2) is 0 Å². The highest BCUT2D eigenvalue weighted by atomic mass is 16.4. The lowest BCUT2D eigenvalue weighted by Crippen LogP contribution is -2.21. The molecule has 1 aromatic rings. The van der Waals surface area contributed by atoms with Crippen LogP contribution in [0.1, 0.15) is 21.6 Å². The summed E-state index contributed by atoms with van der Waals surface area (Å²) in [6.45, 7) is 1.55. The molecule has 0 atom stereocenters. The number of carboxylic acids is 1. The van der Waals surface area contributed by atoms with Gasteiger partial charge in [0, 0.05) is 17.8 Å². The van der Waals surface area contributed by atoms with E-state index in [4.69, 9.17) is 10.8 Å². The van der Waals surface area contributed by atoms with Crippen molar-refractivity contribution >= 4 is 5.97 Å². The molecule has 5 heteroatoms. The van der Waals surface area contributed by atoms with Gasteiger partial charge in [-0.15, -0.1) is 0 Å². The van der Waals surface area contributed by atoms with Crippen LogP contribution in [-0.2, 0) is 6.54 Å². The first-order valence-electron chi connectivity index (χ1n) is 3.72. The minimum Gasteiger partial charge on any atom is -0.478 e. The topological polar surface area (TPSA) is 96.2 Å². The van der Waals surface area contributed by atoms with Crippen LogP contribution in [0.25, 0.3) is 0 Å². The van der Waals surface area contributed by atoms with Gasteiger partial charge in [-0.3, -0.25) is 4.79 Å². The first kappa shape index (κ1) is 9.47. The number of aromatic carboxylic acids is 1. The van der Waals surface area contributed by atoms with E-state index in [2.05, 4.69) is 4.98 Å². The number of H-pyrrole nitrogens is 1. The number of aryl methyl sites for hydroxylation is 1. The first-order valence-corrected chi connectivity index (χ1v) is 3.72. The summed E-state index contributed by atoms with van der Waals surface area (Å²) >= 11 is 0. The van der Waals surface area contributed by atoms with E-state index in [1.54, 1.807) is 6.92 Å². The van der Waals surface area contributed by atoms with E-state index in [1.807, 2.05) is 0 Å². The van der Waals surface area contributed by atoms with Crippen molar-refractivity contribution in [1.82, 2.24) is 4.98 Å². The molecule has 13 heavy (non-hydrogen) atoms. The normalized spacial score (nSPS) is 10.0. The number of nitrogens with two attached hydrogens (primary N) is 1. The first-order chi connectivity index (χ1) is 6.06. The van der Waals surface area contributed by atoms with Crippen molar-refractivity contribution in [3.63, 3.8) is 0 Å². The Bertz CT molecular complexity index is 395. The number of carbonyl (C=O) groups is 1. The van der Waals surface area contributed by atoms with Crippen LogP contribution in [0.3, 0.4) is 0 Å². The fourth-order valence-corrected chi connectivity index (χ4v) is 1.11. The van der Waals surface area contributed by atoms with Gasteiger partial charge < -0.3 is 15.8 Å². The molecule has 0 fully saturated rings. The molecule has 0 amide bonds. The standard InChI is InChI=1S/C8H10N2O3/c1-4-2-5(8(12)13)6(3-9)7(11)10-4/h2H,3,9H2,1H3,(H,10,11)(H,12,13). The van der Waals surface area contributed by atoms with Crippen LogP contribution in [0.15, 0.2) is 10.9 Å². The van der Waals surface area contributed by atoms with Crippen molar-refractivity contribution < 1.29 is 9.90 Å². The van der Waals surface area contributed by atoms with Crippen molar-refractivity contribution in [2.24, 2.45) is 5.73 Å². The highest BCUT2D eigenvalue weighted by Gasteiger charge is 2.12. The summed E-state index contributed by atoms with van der Waals surface area (Å²) in [7, 11) is 0. The molecule has 0 saturated heterocycles. The monoisotopic (exact) mass is 182 g/mol. The smallest absolute Gasteiger partial charge is 0.336 e. The van der Waals surface area contributed by atoms with E-state index >= 15 is 0 Å². The van der Waals surface area contributed by atoms with Crippen molar-refractivity contribution in [2.75, 3.05) is 0 Å². The summed E-state index contributed by atoms with van der Waals surface area (Å²) < 4.78 is 0. The maximum Gasteiger partial charge on any atom is 0.336 e. The summed E-state index contributed by atoms with van der Waals surface area (Å²) in [5, 5.41) is 8.74. The molecule has 0 aliphatic rings. The largest absolute Gasteiger partial charge is 0.478 e. The number of aromatic nitrogens is 1. The summed E-state index contributed by atoms with van der Waals surface area (Å²) in [4.78, 5) is 24.4. The molecule has 0 radical (unpaired) electrons. The Labute approximate surface area is 74.2 Å². The van der Waals surface area contributed by atoms with Gasteiger partial charge in [-0.2, -0.15) is 0 Å². The number of hydrogen-bond donors (Lipinski definition) is 3. The van der Waals surface area contributed by atoms with Crippen LogP contribution < -0.4 is 11.3 Å². The molecule has 1 heterocycles. The van der Waals surface area contributed by atoms with E-state index in [0.717, 1.165) is 0 Å². The van der Waals surface area contributed by atoms with E-state index in [-0.39, 0.29) is 17.7 Å². The van der Waals surface area contributed by atoms with Crippen LogP contribution in [0.4, 0.5) is 0 Å². The Morgan fingerprint density at radius 2 is 2.31 bits per heavy atom. The summed E-state index contributed by atoms with van der Waals surface area (Å²) in [5.41, 5.74) is 5.42. The second-order valence-electron chi connectivity index (χ2n) is 2.68. The average molecular weight is 182 g/mol. The lowest BCUT2D eigenvalue weighted by atomic mass is 10.1. The SMILES string of the molecule is Cc1cc(C(=O)O)c(CN)c(=O)[nH]1. The van der Waals surface area contributed by atoms with E-state index in [1.165, 1.54) is 6.07 Å². The molecule has 1 aromatic heterocycles. The molecular weight excluding hydrogens is 172 g/mol. The Morgan fingerprint density at radius 3 is 2.77 bits per heavy atom. The van der Waals surface area contributed by atoms with Gasteiger partial charge in [0.05, 0.1) is 5.56 Å². The maximum atomic E-state index is 11.2. The van der Waals surface area contributed by atoms with Crippen LogP contribution in [0.5, 0.6) is 0 Å². The third-order valence-electron chi connectivity index (χ3n) is 1.71. The lowest BCUT2D eigenvalue weighted by molar-refractivity contribution is 0.0695. The van der Waals surface area contributed by atoms with Crippen LogP contribution in [0.2, 0.25) is 0 Å². The fourth-order valence-electron chi connectivity index (χ4n) is 1.11. The van der Waals surface area contributed by atoms with Gasteiger partial charge in [-0.05, 0) is 13.0 Å². The number of nitrogens with one attached hydrogen (secondary N) is 1. The van der Waals surface area contributed by atoms with Gasteiger partial charge >= 0.3 is 5.97 Å². The third kappa shape index (κ3) is 1.75.